The molecule has 13 heavy (non-hydrogen) atoms. The molecule has 0 radical (unpaired) electrons. The Hall–Kier alpha value is -1.02. The van der Waals surface area contributed by atoms with Gasteiger partial charge in [-0.25, -0.2) is 0 Å². The van der Waals surface area contributed by atoms with Crippen LogP contribution in [-0.4, -0.2) is 12.9 Å². The van der Waals surface area contributed by atoms with Gasteiger partial charge in [0.15, 0.2) is 5.78 Å². The van der Waals surface area contributed by atoms with Gasteiger partial charge >= 0.3 is 0 Å². The van der Waals surface area contributed by atoms with Crippen LogP contribution in [0.25, 0.3) is 0 Å². The van der Waals surface area contributed by atoms with Gasteiger partial charge in [0.1, 0.15) is 11.1 Å². The molecule has 0 aromatic heterocycles. The summed E-state index contributed by atoms with van der Waals surface area (Å²) in [6.45, 7) is 1.47. The standard InChI is InChI=1S/C10H11ClO2/c1-7(12)10(11)8-3-5-9(13-2)6-4-8/h3-6,10H,1-2H3/t10-/m1/s1. The first kappa shape index (κ1) is 10.1. The zero-order valence-corrected chi connectivity index (χ0v) is 8.34. The van der Waals surface area contributed by atoms with Gasteiger partial charge in [0.2, 0.25) is 0 Å². The molecular formula is C10H11ClO2. The monoisotopic (exact) mass is 198 g/mol. The smallest absolute Gasteiger partial charge is 0.152 e. The lowest BCUT2D eigenvalue weighted by Gasteiger charge is -2.06. The van der Waals surface area contributed by atoms with E-state index in [4.69, 9.17) is 16.3 Å². The number of Topliss-reactive ketones (excluding diaryl/α,β-unsaturated/α-hetero) is 1. The largest absolute Gasteiger partial charge is 0.497 e. The molecule has 3 heteroatoms. The Labute approximate surface area is 82.5 Å². The van der Waals surface area contributed by atoms with Crippen LogP contribution in [0.1, 0.15) is 17.9 Å². The summed E-state index contributed by atoms with van der Waals surface area (Å²) >= 11 is 5.85. The summed E-state index contributed by atoms with van der Waals surface area (Å²) in [5.41, 5.74) is 0.801. The number of alkyl halides is 1. The average molecular weight is 199 g/mol. The highest BCUT2D eigenvalue weighted by atomic mass is 35.5. The second-order valence-electron chi connectivity index (χ2n) is 2.75. The molecule has 0 amide bonds. The molecule has 2 nitrogen and oxygen atoms in total. The predicted molar refractivity (Wildman–Crippen MR) is 52.3 cm³/mol. The van der Waals surface area contributed by atoms with Gasteiger partial charge in [0, 0.05) is 0 Å². The van der Waals surface area contributed by atoms with E-state index in [-0.39, 0.29) is 5.78 Å². The molecule has 1 aromatic carbocycles. The zero-order valence-electron chi connectivity index (χ0n) is 7.58. The fourth-order valence-electron chi connectivity index (χ4n) is 1.01. The van der Waals surface area contributed by atoms with Crippen molar-refractivity contribution in [2.75, 3.05) is 7.11 Å². The molecule has 0 aliphatic heterocycles. The SMILES string of the molecule is COc1ccc([C@H](Cl)C(C)=O)cc1. The molecule has 0 saturated heterocycles. The summed E-state index contributed by atoms with van der Waals surface area (Å²) in [6.07, 6.45) is 0. The molecule has 0 aliphatic carbocycles. The minimum absolute atomic E-state index is 0.0492. The van der Waals surface area contributed by atoms with Gasteiger partial charge in [-0.3, -0.25) is 4.79 Å². The van der Waals surface area contributed by atoms with E-state index < -0.39 is 5.38 Å². The number of carbonyl (C=O) groups is 1. The number of ether oxygens (including phenoxy) is 1. The highest BCUT2D eigenvalue weighted by Crippen LogP contribution is 2.23. The van der Waals surface area contributed by atoms with Gasteiger partial charge in [-0.15, -0.1) is 11.6 Å². The van der Waals surface area contributed by atoms with Crippen LogP contribution in [0.4, 0.5) is 0 Å². The van der Waals surface area contributed by atoms with E-state index in [0.29, 0.717) is 0 Å². The summed E-state index contributed by atoms with van der Waals surface area (Å²) in [7, 11) is 1.60. The van der Waals surface area contributed by atoms with Crippen molar-refractivity contribution in [3.63, 3.8) is 0 Å². The molecule has 0 spiro atoms. The lowest BCUT2D eigenvalue weighted by molar-refractivity contribution is -0.116. The van der Waals surface area contributed by atoms with Gasteiger partial charge in [0.25, 0.3) is 0 Å². The van der Waals surface area contributed by atoms with Gasteiger partial charge in [0.05, 0.1) is 7.11 Å². The third-order valence-corrected chi connectivity index (χ3v) is 2.32. The third kappa shape index (κ3) is 2.46. The Balaban J connectivity index is 2.85. The van der Waals surface area contributed by atoms with Crippen LogP contribution in [0, 0.1) is 0 Å². The molecule has 0 fully saturated rings. The third-order valence-electron chi connectivity index (χ3n) is 1.77. The highest BCUT2D eigenvalue weighted by Gasteiger charge is 2.12. The van der Waals surface area contributed by atoms with E-state index in [9.17, 15) is 4.79 Å². The molecule has 0 bridgehead atoms. The molecular weight excluding hydrogens is 188 g/mol. The van der Waals surface area contributed by atoms with Crippen molar-refractivity contribution in [1.29, 1.82) is 0 Å². The van der Waals surface area contributed by atoms with Gasteiger partial charge in [-0.05, 0) is 24.6 Å². The molecule has 0 aliphatic rings. The van der Waals surface area contributed by atoms with Crippen molar-refractivity contribution in [2.45, 2.75) is 12.3 Å². The minimum Gasteiger partial charge on any atom is -0.497 e. The number of methoxy groups -OCH3 is 1. The number of rotatable bonds is 3. The van der Waals surface area contributed by atoms with Crippen molar-refractivity contribution in [3.8, 4) is 5.75 Å². The Bertz CT molecular complexity index is 292. The maximum absolute atomic E-state index is 10.9. The fourth-order valence-corrected chi connectivity index (χ4v) is 1.15. The van der Waals surface area contributed by atoms with Crippen LogP contribution in [-0.2, 0) is 4.79 Å². The average Bonchev–Trinajstić information content (AvgIpc) is 2.17. The predicted octanol–water partition coefficient (Wildman–Crippen LogP) is 2.56. The molecule has 0 saturated carbocycles. The number of ketones is 1. The van der Waals surface area contributed by atoms with E-state index in [1.165, 1.54) is 6.92 Å². The van der Waals surface area contributed by atoms with Crippen LogP contribution in [0.2, 0.25) is 0 Å². The van der Waals surface area contributed by atoms with Gasteiger partial charge < -0.3 is 4.74 Å². The van der Waals surface area contributed by atoms with Crippen LogP contribution in [0.15, 0.2) is 24.3 Å². The maximum atomic E-state index is 10.9. The van der Waals surface area contributed by atoms with Crippen molar-refractivity contribution in [1.82, 2.24) is 0 Å². The maximum Gasteiger partial charge on any atom is 0.152 e. The topological polar surface area (TPSA) is 26.3 Å². The number of hydrogen-bond acceptors (Lipinski definition) is 2. The van der Waals surface area contributed by atoms with Crippen molar-refractivity contribution in [2.24, 2.45) is 0 Å². The Morgan fingerprint density at radius 1 is 1.38 bits per heavy atom. The summed E-state index contributed by atoms with van der Waals surface area (Å²) in [5, 5.41) is -0.550. The van der Waals surface area contributed by atoms with E-state index >= 15 is 0 Å². The van der Waals surface area contributed by atoms with E-state index in [1.807, 2.05) is 0 Å². The lowest BCUT2D eigenvalue weighted by Crippen LogP contribution is -2.00. The Morgan fingerprint density at radius 3 is 2.31 bits per heavy atom. The molecule has 1 rings (SSSR count). The van der Waals surface area contributed by atoms with Gasteiger partial charge in [-0.1, -0.05) is 12.1 Å². The van der Waals surface area contributed by atoms with Crippen LogP contribution in [0.5, 0.6) is 5.75 Å². The van der Waals surface area contributed by atoms with Crippen LogP contribution in [0.3, 0.4) is 0 Å². The van der Waals surface area contributed by atoms with Crippen molar-refractivity contribution < 1.29 is 9.53 Å². The number of halogens is 1. The number of hydrogen-bond donors (Lipinski definition) is 0. The van der Waals surface area contributed by atoms with Crippen molar-refractivity contribution >= 4 is 17.4 Å². The summed E-state index contributed by atoms with van der Waals surface area (Å²) < 4.78 is 4.98. The summed E-state index contributed by atoms with van der Waals surface area (Å²) in [6, 6.07) is 7.15. The van der Waals surface area contributed by atoms with Crippen LogP contribution < -0.4 is 4.74 Å². The Morgan fingerprint density at radius 2 is 1.92 bits per heavy atom. The second kappa shape index (κ2) is 4.28. The normalized spacial score (nSPS) is 12.2. The molecule has 70 valence electrons. The van der Waals surface area contributed by atoms with E-state index in [1.54, 1.807) is 31.4 Å². The first-order valence-corrected chi connectivity index (χ1v) is 4.37. The molecule has 0 unspecified atom stereocenters. The summed E-state index contributed by atoms with van der Waals surface area (Å²) in [4.78, 5) is 10.9. The Kier molecular flexibility index (Phi) is 3.32. The molecule has 0 heterocycles. The molecule has 1 atom stereocenters. The number of benzene rings is 1. The lowest BCUT2D eigenvalue weighted by atomic mass is 10.1. The number of carbonyl (C=O) groups excluding carboxylic acids is 1. The first-order valence-electron chi connectivity index (χ1n) is 3.93. The molecule has 0 N–H and O–H groups in total. The van der Waals surface area contributed by atoms with Crippen LogP contribution >= 0.6 is 11.6 Å². The van der Waals surface area contributed by atoms with E-state index in [0.717, 1.165) is 11.3 Å². The fraction of sp³-hybridized carbons (Fsp3) is 0.300. The van der Waals surface area contributed by atoms with Gasteiger partial charge in [-0.2, -0.15) is 0 Å². The summed E-state index contributed by atoms with van der Waals surface area (Å²) in [5.74, 6) is 0.711. The minimum atomic E-state index is -0.550. The zero-order chi connectivity index (χ0) is 9.84. The van der Waals surface area contributed by atoms with Crippen molar-refractivity contribution in [3.05, 3.63) is 29.8 Å². The van der Waals surface area contributed by atoms with E-state index in [2.05, 4.69) is 0 Å². The molecule has 1 aromatic rings. The quantitative estimate of drug-likeness (QED) is 0.698. The second-order valence-corrected chi connectivity index (χ2v) is 3.18. The first-order chi connectivity index (χ1) is 6.15. The highest BCUT2D eigenvalue weighted by molar-refractivity contribution is 6.30.